The van der Waals surface area contributed by atoms with Crippen LogP contribution in [0.15, 0.2) is 6.20 Å². The molecule has 1 saturated carbocycles. The van der Waals surface area contributed by atoms with Gasteiger partial charge in [-0.15, -0.1) is 5.10 Å². The largest absolute Gasteiger partial charge is 0.335 e. The number of nitrogens with zero attached hydrogens (tertiary/aromatic N) is 3. The molecule has 8 heteroatoms. The second-order valence-corrected chi connectivity index (χ2v) is 4.81. The summed E-state index contributed by atoms with van der Waals surface area (Å²) in [5.74, 6) is -2.57. The monoisotopic (exact) mass is 273 g/mol. The summed E-state index contributed by atoms with van der Waals surface area (Å²) in [7, 11) is 1.73. The molecule has 1 heterocycles. The van der Waals surface area contributed by atoms with Crippen molar-refractivity contribution < 1.29 is 13.6 Å². The summed E-state index contributed by atoms with van der Waals surface area (Å²) in [6.45, 7) is 0.304. The molecule has 0 radical (unpaired) electrons. The number of carbonyl (C=O) groups is 1. The molecule has 2 amide bonds. The molecular weight excluding hydrogens is 256 g/mol. The van der Waals surface area contributed by atoms with E-state index < -0.39 is 5.92 Å². The maximum Gasteiger partial charge on any atom is 0.315 e. The first kappa shape index (κ1) is 13.7. The third kappa shape index (κ3) is 3.87. The maximum atomic E-state index is 12.9. The topological polar surface area (TPSA) is 71.8 Å². The van der Waals surface area contributed by atoms with Gasteiger partial charge in [0, 0.05) is 25.9 Å². The molecule has 1 aliphatic rings. The van der Waals surface area contributed by atoms with Gasteiger partial charge in [0.25, 0.3) is 0 Å². The van der Waals surface area contributed by atoms with Crippen molar-refractivity contribution in [3.8, 4) is 0 Å². The molecule has 2 N–H and O–H groups in total. The quantitative estimate of drug-likeness (QED) is 0.869. The highest BCUT2D eigenvalue weighted by Crippen LogP contribution is 2.32. The fraction of sp³-hybridized carbons (Fsp3) is 0.727. The smallest absolute Gasteiger partial charge is 0.315 e. The summed E-state index contributed by atoms with van der Waals surface area (Å²) in [5.41, 5.74) is 0.769. The molecule has 1 aliphatic carbocycles. The number of alkyl halides is 2. The van der Waals surface area contributed by atoms with Crippen LogP contribution < -0.4 is 10.6 Å². The Hall–Kier alpha value is -1.73. The second kappa shape index (κ2) is 5.50. The van der Waals surface area contributed by atoms with Crippen LogP contribution in [0.25, 0.3) is 0 Å². The molecule has 19 heavy (non-hydrogen) atoms. The van der Waals surface area contributed by atoms with Crippen molar-refractivity contribution in [3.63, 3.8) is 0 Å². The third-order valence-corrected chi connectivity index (χ3v) is 3.29. The Bertz CT molecular complexity index is 438. The lowest BCUT2D eigenvalue weighted by molar-refractivity contribution is -0.0395. The zero-order chi connectivity index (χ0) is 13.9. The minimum absolute atomic E-state index is 0.163. The number of hydrogen-bond donors (Lipinski definition) is 2. The standard InChI is InChI=1S/C11H17F2N5O/c1-18-9(7-15-17-18)6-14-10(19)16-8-2-4-11(12,13)5-3-8/h7-8H,2-6H2,1H3,(H2,14,16,19). The highest BCUT2D eigenvalue weighted by molar-refractivity contribution is 5.74. The van der Waals surface area contributed by atoms with Gasteiger partial charge in [0.1, 0.15) is 0 Å². The number of nitrogens with one attached hydrogen (secondary N) is 2. The van der Waals surface area contributed by atoms with Crippen molar-refractivity contribution in [2.24, 2.45) is 7.05 Å². The highest BCUT2D eigenvalue weighted by Gasteiger charge is 2.35. The van der Waals surface area contributed by atoms with Crippen LogP contribution in [-0.4, -0.2) is 33.0 Å². The van der Waals surface area contributed by atoms with Gasteiger partial charge >= 0.3 is 6.03 Å². The van der Waals surface area contributed by atoms with E-state index in [-0.39, 0.29) is 24.9 Å². The summed E-state index contributed by atoms with van der Waals surface area (Å²) in [4.78, 5) is 11.6. The van der Waals surface area contributed by atoms with Gasteiger partial charge in [-0.2, -0.15) is 0 Å². The number of urea groups is 1. The molecule has 0 unspecified atom stereocenters. The van der Waals surface area contributed by atoms with E-state index in [9.17, 15) is 13.6 Å². The van der Waals surface area contributed by atoms with Crippen LogP contribution in [0.1, 0.15) is 31.4 Å². The molecular formula is C11H17F2N5O. The Kier molecular flexibility index (Phi) is 3.96. The first-order valence-electron chi connectivity index (χ1n) is 6.22. The van der Waals surface area contributed by atoms with Gasteiger partial charge in [-0.05, 0) is 12.8 Å². The maximum absolute atomic E-state index is 12.9. The van der Waals surface area contributed by atoms with E-state index in [0.717, 1.165) is 5.69 Å². The predicted molar refractivity (Wildman–Crippen MR) is 63.6 cm³/mol. The average molecular weight is 273 g/mol. The first-order valence-corrected chi connectivity index (χ1v) is 6.22. The van der Waals surface area contributed by atoms with Crippen molar-refractivity contribution in [1.29, 1.82) is 0 Å². The zero-order valence-corrected chi connectivity index (χ0v) is 10.7. The van der Waals surface area contributed by atoms with Gasteiger partial charge in [0.2, 0.25) is 5.92 Å². The molecule has 0 aliphatic heterocycles. The first-order chi connectivity index (χ1) is 8.96. The number of aromatic nitrogens is 3. The van der Waals surface area contributed by atoms with Crippen LogP contribution in [0.3, 0.4) is 0 Å². The zero-order valence-electron chi connectivity index (χ0n) is 10.7. The predicted octanol–water partition coefficient (Wildman–Crippen LogP) is 1.19. The summed E-state index contributed by atoms with van der Waals surface area (Å²) >= 11 is 0. The van der Waals surface area contributed by atoms with E-state index in [2.05, 4.69) is 20.9 Å². The van der Waals surface area contributed by atoms with Crippen molar-refractivity contribution in [2.45, 2.75) is 44.2 Å². The van der Waals surface area contributed by atoms with Crippen LogP contribution in [-0.2, 0) is 13.6 Å². The lowest BCUT2D eigenvalue weighted by Crippen LogP contribution is -2.45. The SMILES string of the molecule is Cn1nncc1CNC(=O)NC1CCC(F)(F)CC1. The molecule has 0 aromatic carbocycles. The Labute approximate surface area is 109 Å². The van der Waals surface area contributed by atoms with E-state index >= 15 is 0 Å². The molecule has 1 fully saturated rings. The van der Waals surface area contributed by atoms with E-state index in [1.165, 1.54) is 0 Å². The van der Waals surface area contributed by atoms with Gasteiger partial charge in [-0.1, -0.05) is 5.21 Å². The molecule has 0 bridgehead atoms. The van der Waals surface area contributed by atoms with Gasteiger partial charge in [-0.3, -0.25) is 4.68 Å². The van der Waals surface area contributed by atoms with Gasteiger partial charge < -0.3 is 10.6 Å². The molecule has 0 saturated heterocycles. The lowest BCUT2D eigenvalue weighted by atomic mass is 9.92. The normalized spacial score (nSPS) is 19.1. The Morgan fingerprint density at radius 1 is 1.53 bits per heavy atom. The van der Waals surface area contributed by atoms with Gasteiger partial charge in [0.05, 0.1) is 18.4 Å². The summed E-state index contributed by atoms with van der Waals surface area (Å²) < 4.78 is 27.5. The van der Waals surface area contributed by atoms with Crippen molar-refractivity contribution in [3.05, 3.63) is 11.9 Å². The van der Waals surface area contributed by atoms with Crippen LogP contribution in [0.5, 0.6) is 0 Å². The Morgan fingerprint density at radius 2 is 2.21 bits per heavy atom. The van der Waals surface area contributed by atoms with Crippen molar-refractivity contribution in [1.82, 2.24) is 25.6 Å². The fourth-order valence-corrected chi connectivity index (χ4v) is 2.06. The van der Waals surface area contributed by atoms with Gasteiger partial charge in [0.15, 0.2) is 0 Å². The number of carbonyl (C=O) groups excluding carboxylic acids is 1. The Morgan fingerprint density at radius 3 is 2.79 bits per heavy atom. The van der Waals surface area contributed by atoms with E-state index in [1.807, 2.05) is 0 Å². The molecule has 1 aromatic heterocycles. The minimum Gasteiger partial charge on any atom is -0.335 e. The lowest BCUT2D eigenvalue weighted by Gasteiger charge is -2.28. The number of aryl methyl sites for hydroxylation is 1. The number of amides is 2. The van der Waals surface area contributed by atoms with Crippen molar-refractivity contribution >= 4 is 6.03 Å². The molecule has 0 spiro atoms. The van der Waals surface area contributed by atoms with E-state index in [4.69, 9.17) is 0 Å². The molecule has 2 rings (SSSR count). The Balaban J connectivity index is 1.72. The van der Waals surface area contributed by atoms with Crippen LogP contribution >= 0.6 is 0 Å². The number of halogens is 2. The number of rotatable bonds is 3. The highest BCUT2D eigenvalue weighted by atomic mass is 19.3. The average Bonchev–Trinajstić information content (AvgIpc) is 2.75. The molecule has 1 aromatic rings. The van der Waals surface area contributed by atoms with Crippen LogP contribution in [0.2, 0.25) is 0 Å². The van der Waals surface area contributed by atoms with Crippen LogP contribution in [0, 0.1) is 0 Å². The number of hydrogen-bond acceptors (Lipinski definition) is 3. The third-order valence-electron chi connectivity index (χ3n) is 3.29. The summed E-state index contributed by atoms with van der Waals surface area (Å²) in [6, 6.07) is -0.527. The second-order valence-electron chi connectivity index (χ2n) is 4.81. The van der Waals surface area contributed by atoms with Crippen molar-refractivity contribution in [2.75, 3.05) is 0 Å². The molecule has 6 nitrogen and oxygen atoms in total. The molecule has 106 valence electrons. The molecule has 0 atom stereocenters. The minimum atomic E-state index is -2.57. The van der Waals surface area contributed by atoms with Gasteiger partial charge in [-0.25, -0.2) is 13.6 Å². The van der Waals surface area contributed by atoms with E-state index in [0.29, 0.717) is 19.4 Å². The fourth-order valence-electron chi connectivity index (χ4n) is 2.06. The van der Waals surface area contributed by atoms with Crippen LogP contribution in [0.4, 0.5) is 13.6 Å². The summed E-state index contributed by atoms with van der Waals surface area (Å²) in [6.07, 6.45) is 1.86. The summed E-state index contributed by atoms with van der Waals surface area (Å²) in [5, 5.41) is 12.8. The van der Waals surface area contributed by atoms with E-state index in [1.54, 1.807) is 17.9 Å².